The van der Waals surface area contributed by atoms with E-state index in [1.54, 1.807) is 14.0 Å². The molecule has 114 valence electrons. The van der Waals surface area contributed by atoms with Crippen molar-refractivity contribution in [3.05, 3.63) is 11.5 Å². The first kappa shape index (κ1) is 16.9. The van der Waals surface area contributed by atoms with E-state index in [-0.39, 0.29) is 29.9 Å². The third-order valence-electron chi connectivity index (χ3n) is 2.50. The number of sulfonamides is 1. The number of esters is 1. The first-order chi connectivity index (χ1) is 9.34. The van der Waals surface area contributed by atoms with Gasteiger partial charge in [0.2, 0.25) is 5.03 Å². The molecular formula is C11H18ClN3O4S. The lowest BCUT2D eigenvalue weighted by atomic mass is 10.5. The van der Waals surface area contributed by atoms with Crippen LogP contribution in [0.1, 0.15) is 20.3 Å². The van der Waals surface area contributed by atoms with Gasteiger partial charge in [0.15, 0.2) is 0 Å². The Morgan fingerprint density at radius 3 is 2.60 bits per heavy atom. The molecule has 0 spiro atoms. The quantitative estimate of drug-likeness (QED) is 0.700. The number of aryl methyl sites for hydroxylation is 1. The van der Waals surface area contributed by atoms with Crippen molar-refractivity contribution in [1.82, 2.24) is 13.9 Å². The highest BCUT2D eigenvalue weighted by atomic mass is 35.5. The number of carbonyl (C=O) groups is 1. The Balaban J connectivity index is 3.06. The van der Waals surface area contributed by atoms with Crippen LogP contribution in [0.3, 0.4) is 0 Å². The summed E-state index contributed by atoms with van der Waals surface area (Å²) in [6.07, 6.45) is 1.87. The zero-order valence-electron chi connectivity index (χ0n) is 11.7. The van der Waals surface area contributed by atoms with E-state index in [0.29, 0.717) is 6.42 Å². The highest BCUT2D eigenvalue weighted by molar-refractivity contribution is 7.89. The lowest BCUT2D eigenvalue weighted by molar-refractivity contribution is -0.143. The van der Waals surface area contributed by atoms with Crippen molar-refractivity contribution in [1.29, 1.82) is 0 Å². The molecule has 1 aromatic heterocycles. The Morgan fingerprint density at radius 1 is 1.50 bits per heavy atom. The molecule has 0 aliphatic carbocycles. The van der Waals surface area contributed by atoms with Gasteiger partial charge in [-0.15, -0.1) is 0 Å². The van der Waals surface area contributed by atoms with Crippen molar-refractivity contribution in [3.8, 4) is 0 Å². The van der Waals surface area contributed by atoms with Gasteiger partial charge in [-0.2, -0.15) is 4.31 Å². The van der Waals surface area contributed by atoms with Crippen molar-refractivity contribution in [3.63, 3.8) is 0 Å². The molecule has 0 saturated carbocycles. The molecule has 0 aliphatic rings. The van der Waals surface area contributed by atoms with E-state index >= 15 is 0 Å². The van der Waals surface area contributed by atoms with Gasteiger partial charge < -0.3 is 9.30 Å². The van der Waals surface area contributed by atoms with Crippen LogP contribution in [0.2, 0.25) is 5.15 Å². The molecule has 0 unspecified atom stereocenters. The summed E-state index contributed by atoms with van der Waals surface area (Å²) >= 11 is 5.91. The van der Waals surface area contributed by atoms with E-state index in [2.05, 4.69) is 4.98 Å². The van der Waals surface area contributed by atoms with E-state index in [1.165, 1.54) is 10.9 Å². The van der Waals surface area contributed by atoms with Crippen molar-refractivity contribution >= 4 is 27.6 Å². The van der Waals surface area contributed by atoms with Gasteiger partial charge >= 0.3 is 5.97 Å². The molecule has 1 aromatic rings. The first-order valence-corrected chi connectivity index (χ1v) is 7.99. The van der Waals surface area contributed by atoms with Gasteiger partial charge in [0.05, 0.1) is 12.9 Å². The van der Waals surface area contributed by atoms with Crippen molar-refractivity contribution in [2.24, 2.45) is 7.05 Å². The fourth-order valence-corrected chi connectivity index (χ4v) is 3.44. The minimum atomic E-state index is -3.92. The van der Waals surface area contributed by atoms with Crippen LogP contribution in [0, 0.1) is 0 Å². The van der Waals surface area contributed by atoms with Crippen LogP contribution < -0.4 is 0 Å². The average Bonchev–Trinajstić information content (AvgIpc) is 2.70. The van der Waals surface area contributed by atoms with Gasteiger partial charge in [0.25, 0.3) is 10.0 Å². The van der Waals surface area contributed by atoms with Crippen LogP contribution >= 0.6 is 11.6 Å². The third kappa shape index (κ3) is 3.71. The molecule has 0 N–H and O–H groups in total. The fraction of sp³-hybridized carbons (Fsp3) is 0.636. The minimum Gasteiger partial charge on any atom is -0.465 e. The molecule has 0 saturated heterocycles. The topological polar surface area (TPSA) is 81.5 Å². The highest BCUT2D eigenvalue weighted by Gasteiger charge is 2.31. The maximum Gasteiger partial charge on any atom is 0.321 e. The molecule has 1 rings (SSSR count). The number of hydrogen-bond acceptors (Lipinski definition) is 5. The predicted molar refractivity (Wildman–Crippen MR) is 73.9 cm³/mol. The van der Waals surface area contributed by atoms with Crippen LogP contribution in [-0.4, -0.2) is 47.9 Å². The average molecular weight is 324 g/mol. The maximum atomic E-state index is 12.5. The first-order valence-electron chi connectivity index (χ1n) is 6.17. The van der Waals surface area contributed by atoms with E-state index in [0.717, 1.165) is 4.31 Å². The molecule has 0 atom stereocenters. The smallest absolute Gasteiger partial charge is 0.321 e. The van der Waals surface area contributed by atoms with E-state index in [4.69, 9.17) is 16.3 Å². The summed E-state index contributed by atoms with van der Waals surface area (Å²) in [6, 6.07) is 0. The molecule has 20 heavy (non-hydrogen) atoms. The molecule has 0 aromatic carbocycles. The van der Waals surface area contributed by atoms with Gasteiger partial charge in [-0.25, -0.2) is 13.4 Å². The summed E-state index contributed by atoms with van der Waals surface area (Å²) in [5.74, 6) is -0.600. The zero-order valence-corrected chi connectivity index (χ0v) is 13.2. The van der Waals surface area contributed by atoms with Gasteiger partial charge in [-0.3, -0.25) is 4.79 Å². The molecular weight excluding hydrogens is 306 g/mol. The summed E-state index contributed by atoms with van der Waals surface area (Å²) in [7, 11) is -2.33. The van der Waals surface area contributed by atoms with Crippen LogP contribution in [-0.2, 0) is 26.6 Å². The number of imidazole rings is 1. The Bertz CT molecular complexity index is 570. The second-order valence-corrected chi connectivity index (χ2v) is 6.31. The summed E-state index contributed by atoms with van der Waals surface area (Å²) in [4.78, 5) is 15.3. The summed E-state index contributed by atoms with van der Waals surface area (Å²) in [6.45, 7) is 3.51. The van der Waals surface area contributed by atoms with E-state index in [9.17, 15) is 13.2 Å². The monoisotopic (exact) mass is 323 g/mol. The van der Waals surface area contributed by atoms with Gasteiger partial charge in [-0.05, 0) is 13.3 Å². The molecule has 0 radical (unpaired) electrons. The van der Waals surface area contributed by atoms with Crippen LogP contribution in [0.15, 0.2) is 11.4 Å². The van der Waals surface area contributed by atoms with Gasteiger partial charge in [-0.1, -0.05) is 18.5 Å². The van der Waals surface area contributed by atoms with Crippen molar-refractivity contribution in [2.45, 2.75) is 25.3 Å². The third-order valence-corrected chi connectivity index (χ3v) is 4.84. The number of nitrogens with zero attached hydrogens (tertiary/aromatic N) is 3. The lowest BCUT2D eigenvalue weighted by Gasteiger charge is -2.19. The number of rotatable bonds is 7. The van der Waals surface area contributed by atoms with Gasteiger partial charge in [0, 0.05) is 13.6 Å². The minimum absolute atomic E-state index is 0.00922. The number of aromatic nitrogens is 2. The summed E-state index contributed by atoms with van der Waals surface area (Å²) in [5, 5.41) is -0.241. The highest BCUT2D eigenvalue weighted by Crippen LogP contribution is 2.22. The second kappa shape index (κ2) is 7.05. The molecule has 0 aliphatic heterocycles. The Morgan fingerprint density at radius 2 is 2.15 bits per heavy atom. The number of carbonyl (C=O) groups excluding carboxylic acids is 1. The van der Waals surface area contributed by atoms with Gasteiger partial charge in [0.1, 0.15) is 11.7 Å². The predicted octanol–water partition coefficient (Wildman–Crippen LogP) is 1.04. The second-order valence-electron chi connectivity index (χ2n) is 4.10. The number of hydrogen-bond donors (Lipinski definition) is 0. The van der Waals surface area contributed by atoms with Crippen molar-refractivity contribution in [2.75, 3.05) is 19.7 Å². The Hall–Kier alpha value is -1.12. The number of halogens is 1. The molecule has 7 nitrogen and oxygen atoms in total. The molecule has 9 heteroatoms. The molecule has 1 heterocycles. The summed E-state index contributed by atoms with van der Waals surface area (Å²) < 4.78 is 32.1. The standard InChI is InChI=1S/C11H18ClN3O4S/c1-4-6-15(7-9(16)19-5-2)20(17,18)11-10(12)14(3)8-13-11/h8H,4-7H2,1-3H3. The van der Waals surface area contributed by atoms with Crippen LogP contribution in [0.25, 0.3) is 0 Å². The van der Waals surface area contributed by atoms with Crippen molar-refractivity contribution < 1.29 is 17.9 Å². The Labute approximate surface area is 123 Å². The fourth-order valence-electron chi connectivity index (χ4n) is 1.57. The molecule has 0 fully saturated rings. The lowest BCUT2D eigenvalue weighted by Crippen LogP contribution is -2.37. The van der Waals surface area contributed by atoms with E-state index < -0.39 is 16.0 Å². The van der Waals surface area contributed by atoms with Crippen LogP contribution in [0.4, 0.5) is 0 Å². The van der Waals surface area contributed by atoms with Crippen LogP contribution in [0.5, 0.6) is 0 Å². The normalized spacial score (nSPS) is 11.8. The SMILES string of the molecule is CCCN(CC(=O)OCC)S(=O)(=O)c1ncn(C)c1Cl. The number of ether oxygens (including phenoxy) is 1. The van der Waals surface area contributed by atoms with E-state index in [1.807, 2.05) is 6.92 Å². The summed E-state index contributed by atoms with van der Waals surface area (Å²) in [5.41, 5.74) is 0. The Kier molecular flexibility index (Phi) is 5.97. The largest absolute Gasteiger partial charge is 0.465 e. The zero-order chi connectivity index (χ0) is 15.3. The maximum absolute atomic E-state index is 12.5. The molecule has 0 amide bonds. The molecule has 0 bridgehead atoms.